The molecule has 29 heavy (non-hydrogen) atoms. The molecule has 9 nitrogen and oxygen atoms in total. The van der Waals surface area contributed by atoms with Crippen LogP contribution in [-0.4, -0.2) is 45.8 Å². The van der Waals surface area contributed by atoms with E-state index < -0.39 is 22.5 Å². The molecule has 2 aromatic carbocycles. The van der Waals surface area contributed by atoms with Crippen LogP contribution in [0.25, 0.3) is 0 Å². The summed E-state index contributed by atoms with van der Waals surface area (Å²) in [5.74, 6) is -2.32. The van der Waals surface area contributed by atoms with E-state index in [0.29, 0.717) is 24.2 Å². The first-order chi connectivity index (χ1) is 13.8. The standard InChI is InChI=1S/C20H19N3O6/c1-12-5-4-6-16(17(12)19(25)22-7-2-3-8-22)21-18(24)13-9-14(20(26)27)11-15(10-13)23(28)29/h4-6,9-11H,2-3,7-8H2,1H3,(H,21,24)(H,26,27). The molecule has 0 aliphatic carbocycles. The topological polar surface area (TPSA) is 130 Å². The van der Waals surface area contributed by atoms with Crippen molar-refractivity contribution >= 4 is 29.2 Å². The number of carbonyl (C=O) groups excluding carboxylic acids is 2. The summed E-state index contributed by atoms with van der Waals surface area (Å²) in [6, 6.07) is 7.95. The lowest BCUT2D eigenvalue weighted by Gasteiger charge is -2.19. The number of anilines is 1. The van der Waals surface area contributed by atoms with Crippen molar-refractivity contribution in [2.75, 3.05) is 18.4 Å². The van der Waals surface area contributed by atoms with Gasteiger partial charge < -0.3 is 15.3 Å². The van der Waals surface area contributed by atoms with Crippen LogP contribution in [-0.2, 0) is 0 Å². The number of benzene rings is 2. The normalized spacial score (nSPS) is 13.2. The van der Waals surface area contributed by atoms with E-state index in [9.17, 15) is 24.5 Å². The van der Waals surface area contributed by atoms with Gasteiger partial charge in [-0.05, 0) is 37.5 Å². The molecule has 0 saturated carbocycles. The molecule has 2 amide bonds. The van der Waals surface area contributed by atoms with E-state index in [1.54, 1.807) is 30.0 Å². The summed E-state index contributed by atoms with van der Waals surface area (Å²) < 4.78 is 0. The molecule has 3 rings (SSSR count). The number of rotatable bonds is 5. The quantitative estimate of drug-likeness (QED) is 0.589. The third-order valence-electron chi connectivity index (χ3n) is 4.77. The van der Waals surface area contributed by atoms with E-state index in [-0.39, 0.29) is 22.7 Å². The lowest BCUT2D eigenvalue weighted by molar-refractivity contribution is -0.384. The maximum atomic E-state index is 12.9. The van der Waals surface area contributed by atoms with Crippen LogP contribution in [0.4, 0.5) is 11.4 Å². The second kappa shape index (κ2) is 8.09. The van der Waals surface area contributed by atoms with Crippen molar-refractivity contribution in [1.29, 1.82) is 0 Å². The largest absolute Gasteiger partial charge is 0.478 e. The minimum Gasteiger partial charge on any atom is -0.478 e. The maximum Gasteiger partial charge on any atom is 0.335 e. The molecule has 9 heteroatoms. The van der Waals surface area contributed by atoms with E-state index >= 15 is 0 Å². The zero-order valence-electron chi connectivity index (χ0n) is 15.7. The molecule has 0 aromatic heterocycles. The maximum absolute atomic E-state index is 12.9. The van der Waals surface area contributed by atoms with Gasteiger partial charge in [-0.2, -0.15) is 0 Å². The average Bonchev–Trinajstić information content (AvgIpc) is 3.22. The summed E-state index contributed by atoms with van der Waals surface area (Å²) in [4.78, 5) is 48.9. The number of aryl methyl sites for hydroxylation is 1. The second-order valence-electron chi connectivity index (χ2n) is 6.78. The average molecular weight is 397 g/mol. The summed E-state index contributed by atoms with van der Waals surface area (Å²) >= 11 is 0. The molecule has 1 fully saturated rings. The molecule has 2 aromatic rings. The predicted molar refractivity (Wildman–Crippen MR) is 104 cm³/mol. The molecule has 0 spiro atoms. The monoisotopic (exact) mass is 397 g/mol. The number of nitrogens with one attached hydrogen (secondary N) is 1. The van der Waals surface area contributed by atoms with E-state index in [1.807, 2.05) is 0 Å². The molecule has 0 radical (unpaired) electrons. The number of hydrogen-bond donors (Lipinski definition) is 2. The first kappa shape index (κ1) is 20.0. The second-order valence-corrected chi connectivity index (χ2v) is 6.78. The summed E-state index contributed by atoms with van der Waals surface area (Å²) in [5.41, 5.74) is 0.249. The third kappa shape index (κ3) is 4.23. The van der Waals surface area contributed by atoms with E-state index in [4.69, 9.17) is 5.11 Å². The van der Waals surface area contributed by atoms with Crippen molar-refractivity contribution in [3.05, 3.63) is 68.8 Å². The zero-order valence-corrected chi connectivity index (χ0v) is 15.7. The summed E-state index contributed by atoms with van der Waals surface area (Å²) in [6.07, 6.45) is 1.84. The molecule has 2 N–H and O–H groups in total. The van der Waals surface area contributed by atoms with Gasteiger partial charge in [-0.3, -0.25) is 19.7 Å². The number of carboxylic acids is 1. The number of nitro groups is 1. The highest BCUT2D eigenvalue weighted by atomic mass is 16.6. The van der Waals surface area contributed by atoms with Crippen molar-refractivity contribution in [1.82, 2.24) is 4.90 Å². The summed E-state index contributed by atoms with van der Waals surface area (Å²) in [7, 11) is 0. The Bertz CT molecular complexity index is 979. The fourth-order valence-electron chi connectivity index (χ4n) is 3.30. The van der Waals surface area contributed by atoms with Crippen LogP contribution in [0.1, 0.15) is 49.5 Å². The Morgan fingerprint density at radius 1 is 1.10 bits per heavy atom. The predicted octanol–water partition coefficient (Wildman–Crippen LogP) is 3.09. The molecular weight excluding hydrogens is 378 g/mol. The van der Waals surface area contributed by atoms with Crippen LogP contribution >= 0.6 is 0 Å². The molecule has 0 atom stereocenters. The minimum atomic E-state index is -1.39. The van der Waals surface area contributed by atoms with Crippen LogP contribution < -0.4 is 5.32 Å². The van der Waals surface area contributed by atoms with Crippen LogP contribution in [0.3, 0.4) is 0 Å². The zero-order chi connectivity index (χ0) is 21.1. The highest BCUT2D eigenvalue weighted by Crippen LogP contribution is 2.25. The minimum absolute atomic E-state index is 0.183. The van der Waals surface area contributed by atoms with Gasteiger partial charge in [-0.1, -0.05) is 12.1 Å². The molecule has 1 aliphatic heterocycles. The summed E-state index contributed by atoms with van der Waals surface area (Å²) in [6.45, 7) is 3.05. The van der Waals surface area contributed by atoms with Crippen LogP contribution in [0.5, 0.6) is 0 Å². The molecule has 1 aliphatic rings. The Morgan fingerprint density at radius 3 is 2.38 bits per heavy atom. The van der Waals surface area contributed by atoms with E-state index in [2.05, 4.69) is 5.32 Å². The smallest absolute Gasteiger partial charge is 0.335 e. The van der Waals surface area contributed by atoms with Crippen molar-refractivity contribution in [3.63, 3.8) is 0 Å². The number of non-ortho nitro benzene ring substituents is 1. The number of carboxylic acid groups (broad SMARTS) is 1. The Morgan fingerprint density at radius 2 is 1.76 bits per heavy atom. The summed E-state index contributed by atoms with van der Waals surface area (Å²) in [5, 5.41) is 22.8. The Kier molecular flexibility index (Phi) is 5.58. The molecule has 150 valence electrons. The highest BCUT2D eigenvalue weighted by molar-refractivity contribution is 6.10. The Labute approximate surface area is 166 Å². The van der Waals surface area contributed by atoms with Crippen molar-refractivity contribution in [2.24, 2.45) is 0 Å². The van der Waals surface area contributed by atoms with Crippen molar-refractivity contribution in [3.8, 4) is 0 Å². The van der Waals surface area contributed by atoms with Gasteiger partial charge in [0.05, 0.1) is 21.7 Å². The number of amides is 2. The van der Waals surface area contributed by atoms with Gasteiger partial charge >= 0.3 is 5.97 Å². The lowest BCUT2D eigenvalue weighted by atomic mass is 10.0. The van der Waals surface area contributed by atoms with Crippen molar-refractivity contribution in [2.45, 2.75) is 19.8 Å². The van der Waals surface area contributed by atoms with E-state index in [0.717, 1.165) is 31.0 Å². The van der Waals surface area contributed by atoms with Gasteiger partial charge in [0.2, 0.25) is 0 Å². The number of hydrogen-bond acceptors (Lipinski definition) is 5. The Hall–Kier alpha value is -3.75. The number of aromatic carboxylic acids is 1. The number of nitrogens with zero attached hydrogens (tertiary/aromatic N) is 2. The SMILES string of the molecule is Cc1cccc(NC(=O)c2cc(C(=O)O)cc([N+](=O)[O-])c2)c1C(=O)N1CCCC1. The first-order valence-corrected chi connectivity index (χ1v) is 9.01. The third-order valence-corrected chi connectivity index (χ3v) is 4.77. The van der Waals surface area contributed by atoms with Crippen LogP contribution in [0.2, 0.25) is 0 Å². The van der Waals surface area contributed by atoms with Crippen molar-refractivity contribution < 1.29 is 24.4 Å². The first-order valence-electron chi connectivity index (χ1n) is 9.01. The van der Waals surface area contributed by atoms with Gasteiger partial charge in [0.25, 0.3) is 17.5 Å². The number of carbonyl (C=O) groups is 3. The number of likely N-dealkylation sites (tertiary alicyclic amines) is 1. The van der Waals surface area contributed by atoms with Gasteiger partial charge in [0.1, 0.15) is 0 Å². The molecule has 0 unspecified atom stereocenters. The lowest BCUT2D eigenvalue weighted by Crippen LogP contribution is -2.29. The van der Waals surface area contributed by atoms with E-state index in [1.165, 1.54) is 0 Å². The number of nitro benzene ring substituents is 1. The van der Waals surface area contributed by atoms with Gasteiger partial charge in [0.15, 0.2) is 0 Å². The molecule has 1 saturated heterocycles. The molecular formula is C20H19N3O6. The van der Waals surface area contributed by atoms with Gasteiger partial charge in [-0.25, -0.2) is 4.79 Å². The Balaban J connectivity index is 1.96. The fourth-order valence-corrected chi connectivity index (χ4v) is 3.30. The fraction of sp³-hybridized carbons (Fsp3) is 0.250. The molecule has 1 heterocycles. The van der Waals surface area contributed by atoms with Gasteiger partial charge in [0, 0.05) is 30.8 Å². The van der Waals surface area contributed by atoms with Gasteiger partial charge in [-0.15, -0.1) is 0 Å². The van der Waals surface area contributed by atoms with Crippen LogP contribution in [0.15, 0.2) is 36.4 Å². The highest BCUT2D eigenvalue weighted by Gasteiger charge is 2.25. The molecule has 0 bridgehead atoms. The van der Waals surface area contributed by atoms with Crippen LogP contribution in [0, 0.1) is 17.0 Å².